The number of ketones is 1. The number of carbonyl (C=O) groups excluding carboxylic acids is 1. The fourth-order valence-electron chi connectivity index (χ4n) is 3.36. The van der Waals surface area contributed by atoms with Gasteiger partial charge in [-0.3, -0.25) is 9.78 Å². The van der Waals surface area contributed by atoms with E-state index in [1.807, 2.05) is 72.3 Å². The highest BCUT2D eigenvalue weighted by Crippen LogP contribution is 2.35. The van der Waals surface area contributed by atoms with Gasteiger partial charge in [-0.15, -0.1) is 11.8 Å². The molecule has 1 atom stereocenters. The number of rotatable bonds is 3. The van der Waals surface area contributed by atoms with Gasteiger partial charge in [-0.1, -0.05) is 42.2 Å². The molecule has 0 saturated carbocycles. The number of allylic oxidation sites excluding steroid dienone is 1. The smallest absolute Gasteiger partial charge is 0.211 e. The average molecular weight is 407 g/mol. The van der Waals surface area contributed by atoms with Crippen LogP contribution in [-0.4, -0.2) is 15.8 Å². The van der Waals surface area contributed by atoms with Gasteiger partial charge in [0, 0.05) is 57.2 Å². The number of nitrogens with zero attached hydrogens (tertiary/aromatic N) is 1. The van der Waals surface area contributed by atoms with Gasteiger partial charge >= 0.3 is 0 Å². The second-order valence-corrected chi connectivity index (χ2v) is 7.87. The molecule has 1 unspecified atom stereocenters. The van der Waals surface area contributed by atoms with E-state index in [0.29, 0.717) is 11.3 Å². The predicted octanol–water partition coefficient (Wildman–Crippen LogP) is 5.02. The molecule has 144 valence electrons. The number of carbonyl (C=O) groups is 1. The van der Waals surface area contributed by atoms with Crippen molar-refractivity contribution in [1.82, 2.24) is 15.3 Å². The molecule has 1 aliphatic heterocycles. The first kappa shape index (κ1) is 18.3. The Hall–Kier alpha value is -3.75. The molecule has 2 aromatic carbocycles. The molecule has 0 spiro atoms. The summed E-state index contributed by atoms with van der Waals surface area (Å²) in [6, 6.07) is 19.7. The van der Waals surface area contributed by atoms with Crippen molar-refractivity contribution >= 4 is 28.4 Å². The van der Waals surface area contributed by atoms with Crippen LogP contribution in [0, 0.1) is 11.8 Å². The lowest BCUT2D eigenvalue weighted by molar-refractivity contribution is 0.102. The molecule has 3 heterocycles. The van der Waals surface area contributed by atoms with Crippen molar-refractivity contribution in [3.8, 4) is 11.8 Å². The highest BCUT2D eigenvalue weighted by molar-refractivity contribution is 8.02. The van der Waals surface area contributed by atoms with Crippen molar-refractivity contribution in [3.05, 3.63) is 113 Å². The number of hydrogen-bond donors (Lipinski definition) is 2. The molecular formula is C25H17N3OS. The summed E-state index contributed by atoms with van der Waals surface area (Å²) in [6.07, 6.45) is 5.33. The summed E-state index contributed by atoms with van der Waals surface area (Å²) in [5, 5.41) is 6.09. The molecule has 30 heavy (non-hydrogen) atoms. The number of aromatic nitrogens is 2. The maximum absolute atomic E-state index is 13.1. The van der Waals surface area contributed by atoms with Crippen molar-refractivity contribution in [2.24, 2.45) is 0 Å². The van der Waals surface area contributed by atoms with Crippen molar-refractivity contribution in [1.29, 1.82) is 0 Å². The molecule has 1 aliphatic rings. The van der Waals surface area contributed by atoms with Gasteiger partial charge in [-0.25, -0.2) is 0 Å². The summed E-state index contributed by atoms with van der Waals surface area (Å²) >= 11 is 1.58. The van der Waals surface area contributed by atoms with E-state index in [1.165, 1.54) is 0 Å². The molecule has 5 heteroatoms. The molecule has 4 nitrogen and oxygen atoms in total. The number of benzene rings is 2. The van der Waals surface area contributed by atoms with Crippen LogP contribution in [0.2, 0.25) is 0 Å². The molecule has 0 bridgehead atoms. The van der Waals surface area contributed by atoms with E-state index in [-0.39, 0.29) is 11.2 Å². The van der Waals surface area contributed by atoms with Gasteiger partial charge < -0.3 is 10.3 Å². The van der Waals surface area contributed by atoms with E-state index in [9.17, 15) is 4.79 Å². The van der Waals surface area contributed by atoms with Crippen LogP contribution in [-0.2, 0) is 0 Å². The van der Waals surface area contributed by atoms with E-state index in [2.05, 4.69) is 27.1 Å². The van der Waals surface area contributed by atoms with E-state index in [1.54, 1.807) is 24.2 Å². The summed E-state index contributed by atoms with van der Waals surface area (Å²) in [5.41, 5.74) is 5.06. The van der Waals surface area contributed by atoms with Crippen LogP contribution in [0.4, 0.5) is 0 Å². The minimum atomic E-state index is -0.0248. The first-order chi connectivity index (χ1) is 14.8. The first-order valence-corrected chi connectivity index (χ1v) is 10.5. The van der Waals surface area contributed by atoms with Crippen LogP contribution in [0.25, 0.3) is 10.9 Å². The Labute approximate surface area is 178 Å². The van der Waals surface area contributed by atoms with Gasteiger partial charge in [0.2, 0.25) is 5.78 Å². The van der Waals surface area contributed by atoms with E-state index >= 15 is 0 Å². The molecule has 2 N–H and O–H groups in total. The fourth-order valence-corrected chi connectivity index (χ4v) is 4.30. The highest BCUT2D eigenvalue weighted by Gasteiger charge is 2.25. The Morgan fingerprint density at radius 2 is 1.87 bits per heavy atom. The zero-order valence-corrected chi connectivity index (χ0v) is 16.7. The SMILES string of the molecule is O=C(C1=CSC(c2cccnc2)N1)c1c[nH]c2cc(C#Cc3ccccc3)ccc12. The number of Topliss-reactive ketones (excluding diaryl/α,β-unsaturated/α-hetero) is 1. The number of hydrogen-bond acceptors (Lipinski definition) is 4. The van der Waals surface area contributed by atoms with Crippen LogP contribution in [0.5, 0.6) is 0 Å². The summed E-state index contributed by atoms with van der Waals surface area (Å²) < 4.78 is 0. The number of aromatic amines is 1. The quantitative estimate of drug-likeness (QED) is 0.370. The van der Waals surface area contributed by atoms with Crippen LogP contribution in [0.15, 0.2) is 90.4 Å². The molecule has 0 saturated heterocycles. The Kier molecular flexibility index (Phi) is 4.84. The lowest BCUT2D eigenvalue weighted by Gasteiger charge is -2.12. The standard InChI is InChI=1S/C25H17N3OS/c29-24(23-16-30-25(28-23)19-7-4-12-26-14-19)21-15-27-22-13-18(10-11-20(21)22)9-8-17-5-2-1-3-6-17/h1-7,10-16,25,27-28H. The third kappa shape index (κ3) is 3.61. The summed E-state index contributed by atoms with van der Waals surface area (Å²) in [5.74, 6) is 6.32. The molecule has 4 aromatic rings. The Morgan fingerprint density at radius 1 is 1.00 bits per heavy atom. The minimum Gasteiger partial charge on any atom is -0.366 e. The number of fused-ring (bicyclic) bond motifs is 1. The van der Waals surface area contributed by atoms with Gasteiger partial charge in [-0.05, 0) is 30.3 Å². The van der Waals surface area contributed by atoms with Crippen LogP contribution < -0.4 is 5.32 Å². The zero-order valence-electron chi connectivity index (χ0n) is 15.9. The van der Waals surface area contributed by atoms with Crippen molar-refractivity contribution in [2.75, 3.05) is 0 Å². The van der Waals surface area contributed by atoms with E-state index < -0.39 is 0 Å². The molecule has 0 amide bonds. The normalized spacial score (nSPS) is 15.2. The molecule has 5 rings (SSSR count). The molecule has 0 radical (unpaired) electrons. The molecular weight excluding hydrogens is 390 g/mol. The monoisotopic (exact) mass is 407 g/mol. The van der Waals surface area contributed by atoms with E-state index in [4.69, 9.17) is 0 Å². The number of thioether (sulfide) groups is 1. The maximum atomic E-state index is 13.1. The average Bonchev–Trinajstić information content (AvgIpc) is 3.46. The lowest BCUT2D eigenvalue weighted by atomic mass is 10.1. The number of pyridine rings is 1. The molecule has 0 fully saturated rings. The largest absolute Gasteiger partial charge is 0.366 e. The minimum absolute atomic E-state index is 0.00252. The van der Waals surface area contributed by atoms with Crippen LogP contribution >= 0.6 is 11.8 Å². The zero-order chi connectivity index (χ0) is 20.3. The van der Waals surface area contributed by atoms with Crippen molar-refractivity contribution in [3.63, 3.8) is 0 Å². The van der Waals surface area contributed by atoms with Gasteiger partial charge in [0.1, 0.15) is 5.37 Å². The lowest BCUT2D eigenvalue weighted by Crippen LogP contribution is -2.19. The summed E-state index contributed by atoms with van der Waals surface area (Å²) in [4.78, 5) is 20.5. The maximum Gasteiger partial charge on any atom is 0.211 e. The van der Waals surface area contributed by atoms with Crippen molar-refractivity contribution in [2.45, 2.75) is 5.37 Å². The second kappa shape index (κ2) is 7.94. The van der Waals surface area contributed by atoms with Crippen LogP contribution in [0.3, 0.4) is 0 Å². The fraction of sp³-hybridized carbons (Fsp3) is 0.0400. The Bertz CT molecular complexity index is 1310. The summed E-state index contributed by atoms with van der Waals surface area (Å²) in [7, 11) is 0. The third-order valence-electron chi connectivity index (χ3n) is 4.89. The summed E-state index contributed by atoms with van der Waals surface area (Å²) in [6.45, 7) is 0. The predicted molar refractivity (Wildman–Crippen MR) is 121 cm³/mol. The van der Waals surface area contributed by atoms with Gasteiger partial charge in [0.05, 0.1) is 5.70 Å². The van der Waals surface area contributed by atoms with Gasteiger partial charge in [0.15, 0.2) is 0 Å². The van der Waals surface area contributed by atoms with E-state index in [0.717, 1.165) is 27.6 Å². The van der Waals surface area contributed by atoms with Gasteiger partial charge in [-0.2, -0.15) is 0 Å². The number of H-pyrrole nitrogens is 1. The Balaban J connectivity index is 1.37. The van der Waals surface area contributed by atoms with Crippen molar-refractivity contribution < 1.29 is 4.79 Å². The first-order valence-electron chi connectivity index (χ1n) is 9.53. The number of nitrogens with one attached hydrogen (secondary N) is 2. The van der Waals surface area contributed by atoms with Crippen LogP contribution in [0.1, 0.15) is 32.4 Å². The topological polar surface area (TPSA) is 57.8 Å². The highest BCUT2D eigenvalue weighted by atomic mass is 32.2. The Morgan fingerprint density at radius 3 is 2.70 bits per heavy atom. The molecule has 0 aliphatic carbocycles. The molecule has 2 aromatic heterocycles. The third-order valence-corrected chi connectivity index (χ3v) is 5.93. The van der Waals surface area contributed by atoms with Gasteiger partial charge in [0.25, 0.3) is 0 Å². The second-order valence-electron chi connectivity index (χ2n) is 6.89.